The first-order chi connectivity index (χ1) is 17.0. The smallest absolute Gasteiger partial charge is 0.223 e. The van der Waals surface area contributed by atoms with Crippen LogP contribution in [-0.2, 0) is 24.3 Å². The first kappa shape index (κ1) is 23.1. The molecule has 1 amide bonds. The van der Waals surface area contributed by atoms with E-state index in [2.05, 4.69) is 9.88 Å². The van der Waals surface area contributed by atoms with Crippen LogP contribution in [0, 0.1) is 11.6 Å². The van der Waals surface area contributed by atoms with Crippen molar-refractivity contribution in [2.24, 2.45) is 0 Å². The lowest BCUT2D eigenvalue weighted by atomic mass is 10.1. The minimum atomic E-state index is -0.317. The van der Waals surface area contributed by atoms with Gasteiger partial charge in [0.05, 0.1) is 6.54 Å². The molecule has 1 aliphatic heterocycles. The lowest BCUT2D eigenvalue weighted by Crippen LogP contribution is -2.38. The van der Waals surface area contributed by atoms with Crippen molar-refractivity contribution < 1.29 is 13.6 Å². The van der Waals surface area contributed by atoms with E-state index < -0.39 is 0 Å². The maximum absolute atomic E-state index is 13.6. The number of amides is 1. The SMILES string of the molecule is O=C(CCc1ccc(F)cc1)N1CCn2c(nc(-c3ccc(F)cc3)c2Nc2ccc(Cl)cc2)C1. The van der Waals surface area contributed by atoms with E-state index in [0.717, 1.165) is 28.5 Å². The molecule has 178 valence electrons. The number of hydrogen-bond donors (Lipinski definition) is 1. The van der Waals surface area contributed by atoms with Crippen LogP contribution in [0.4, 0.5) is 20.3 Å². The number of halogens is 3. The molecule has 0 radical (unpaired) electrons. The van der Waals surface area contributed by atoms with Crippen molar-refractivity contribution >= 4 is 29.0 Å². The second-order valence-electron chi connectivity index (χ2n) is 8.46. The van der Waals surface area contributed by atoms with Gasteiger partial charge in [0.15, 0.2) is 0 Å². The van der Waals surface area contributed by atoms with E-state index in [9.17, 15) is 13.6 Å². The highest BCUT2D eigenvalue weighted by molar-refractivity contribution is 6.30. The molecule has 1 aromatic heterocycles. The van der Waals surface area contributed by atoms with Crippen LogP contribution in [0.15, 0.2) is 72.8 Å². The Morgan fingerprint density at radius 2 is 1.57 bits per heavy atom. The topological polar surface area (TPSA) is 50.2 Å². The zero-order chi connectivity index (χ0) is 24.4. The summed E-state index contributed by atoms with van der Waals surface area (Å²) in [5, 5.41) is 4.07. The summed E-state index contributed by atoms with van der Waals surface area (Å²) in [6, 6.07) is 19.8. The van der Waals surface area contributed by atoms with E-state index in [1.54, 1.807) is 41.3 Å². The number of rotatable bonds is 6. The Balaban J connectivity index is 1.38. The molecular formula is C27H23ClF2N4O. The van der Waals surface area contributed by atoms with Crippen LogP contribution in [0.3, 0.4) is 0 Å². The third-order valence-electron chi connectivity index (χ3n) is 6.09. The first-order valence-electron chi connectivity index (χ1n) is 11.4. The van der Waals surface area contributed by atoms with E-state index in [1.165, 1.54) is 24.3 Å². The minimum absolute atomic E-state index is 0.0270. The summed E-state index contributed by atoms with van der Waals surface area (Å²) in [5.41, 5.74) is 3.24. The molecule has 0 saturated heterocycles. The fraction of sp³-hybridized carbons (Fsp3) is 0.185. The Kier molecular flexibility index (Phi) is 6.51. The molecule has 2 heterocycles. The summed E-state index contributed by atoms with van der Waals surface area (Å²) in [7, 11) is 0. The number of nitrogens with one attached hydrogen (secondary N) is 1. The summed E-state index contributed by atoms with van der Waals surface area (Å²) in [6.45, 7) is 1.49. The Morgan fingerprint density at radius 1 is 0.914 bits per heavy atom. The van der Waals surface area contributed by atoms with E-state index in [1.807, 2.05) is 12.1 Å². The van der Waals surface area contributed by atoms with Gasteiger partial charge in [0, 0.05) is 35.8 Å². The van der Waals surface area contributed by atoms with Gasteiger partial charge in [0.25, 0.3) is 0 Å². The summed E-state index contributed by atoms with van der Waals surface area (Å²) in [4.78, 5) is 19.6. The van der Waals surface area contributed by atoms with Gasteiger partial charge in [-0.2, -0.15) is 0 Å². The standard InChI is InChI=1S/C27H23ClF2N4O/c28-20-6-12-23(13-7-20)31-27-26(19-4-10-22(30)11-5-19)32-24-17-33(15-16-34(24)27)25(35)14-3-18-1-8-21(29)9-2-18/h1-2,4-13,31H,3,14-17H2. The van der Waals surface area contributed by atoms with Crippen molar-refractivity contribution in [3.8, 4) is 11.3 Å². The first-order valence-corrected chi connectivity index (χ1v) is 11.7. The zero-order valence-electron chi connectivity index (χ0n) is 18.8. The highest BCUT2D eigenvalue weighted by Gasteiger charge is 2.27. The number of carbonyl (C=O) groups excluding carboxylic acids is 1. The van der Waals surface area contributed by atoms with Gasteiger partial charge in [-0.25, -0.2) is 13.8 Å². The summed E-state index contributed by atoms with van der Waals surface area (Å²) >= 11 is 6.03. The average Bonchev–Trinajstić information content (AvgIpc) is 3.22. The third kappa shape index (κ3) is 5.20. The van der Waals surface area contributed by atoms with Crippen LogP contribution < -0.4 is 5.32 Å². The Bertz CT molecular complexity index is 1340. The zero-order valence-corrected chi connectivity index (χ0v) is 19.6. The molecule has 0 unspecified atom stereocenters. The van der Waals surface area contributed by atoms with Gasteiger partial charge in [-0.1, -0.05) is 23.7 Å². The summed E-state index contributed by atoms with van der Waals surface area (Å²) < 4.78 is 28.8. The quantitative estimate of drug-likeness (QED) is 0.348. The van der Waals surface area contributed by atoms with Gasteiger partial charge in [0.2, 0.25) is 5.91 Å². The van der Waals surface area contributed by atoms with Crippen molar-refractivity contribution in [3.05, 3.63) is 101 Å². The fourth-order valence-electron chi connectivity index (χ4n) is 4.21. The molecule has 5 nitrogen and oxygen atoms in total. The molecule has 0 bridgehead atoms. The van der Waals surface area contributed by atoms with Crippen LogP contribution in [0.2, 0.25) is 5.02 Å². The number of anilines is 2. The second kappa shape index (κ2) is 9.88. The van der Waals surface area contributed by atoms with Gasteiger partial charge in [-0.05, 0) is 72.6 Å². The molecular weight excluding hydrogens is 470 g/mol. The Labute approximate surface area is 207 Å². The molecule has 4 aromatic rings. The predicted octanol–water partition coefficient (Wildman–Crippen LogP) is 6.20. The van der Waals surface area contributed by atoms with Gasteiger partial charge in [0.1, 0.15) is 29.0 Å². The molecule has 0 atom stereocenters. The van der Waals surface area contributed by atoms with E-state index >= 15 is 0 Å². The number of carbonyl (C=O) groups is 1. The number of aryl methyl sites for hydroxylation is 1. The molecule has 0 aliphatic carbocycles. The molecule has 1 N–H and O–H groups in total. The lowest BCUT2D eigenvalue weighted by molar-refractivity contribution is -0.132. The van der Waals surface area contributed by atoms with E-state index in [0.29, 0.717) is 43.2 Å². The number of benzene rings is 3. The van der Waals surface area contributed by atoms with Crippen molar-refractivity contribution in [3.63, 3.8) is 0 Å². The highest BCUT2D eigenvalue weighted by atomic mass is 35.5. The fourth-order valence-corrected chi connectivity index (χ4v) is 4.34. The number of hydrogen-bond acceptors (Lipinski definition) is 3. The summed E-state index contributed by atoms with van der Waals surface area (Å²) in [5.74, 6) is 0.958. The number of nitrogens with zero attached hydrogens (tertiary/aromatic N) is 3. The van der Waals surface area contributed by atoms with Crippen molar-refractivity contribution in [1.29, 1.82) is 0 Å². The molecule has 5 rings (SSSR count). The molecule has 1 aliphatic rings. The molecule has 3 aromatic carbocycles. The van der Waals surface area contributed by atoms with Crippen LogP contribution in [-0.4, -0.2) is 26.9 Å². The average molecular weight is 493 g/mol. The van der Waals surface area contributed by atoms with Gasteiger partial charge >= 0.3 is 0 Å². The number of fused-ring (bicyclic) bond motifs is 1. The van der Waals surface area contributed by atoms with Gasteiger partial charge < -0.3 is 14.8 Å². The molecule has 8 heteroatoms. The van der Waals surface area contributed by atoms with Crippen LogP contribution in [0.1, 0.15) is 17.8 Å². The van der Waals surface area contributed by atoms with Crippen LogP contribution >= 0.6 is 11.6 Å². The minimum Gasteiger partial charge on any atom is -0.340 e. The van der Waals surface area contributed by atoms with Gasteiger partial charge in [-0.15, -0.1) is 0 Å². The largest absolute Gasteiger partial charge is 0.340 e. The maximum atomic E-state index is 13.6. The number of imidazole rings is 1. The number of aromatic nitrogens is 2. The molecule has 0 fully saturated rings. The normalized spacial score (nSPS) is 12.9. The molecule has 0 spiro atoms. The van der Waals surface area contributed by atoms with E-state index in [-0.39, 0.29) is 17.5 Å². The summed E-state index contributed by atoms with van der Waals surface area (Å²) in [6.07, 6.45) is 0.890. The monoisotopic (exact) mass is 492 g/mol. The van der Waals surface area contributed by atoms with Crippen molar-refractivity contribution in [2.75, 3.05) is 11.9 Å². The lowest BCUT2D eigenvalue weighted by Gasteiger charge is -2.28. The predicted molar refractivity (Wildman–Crippen MR) is 132 cm³/mol. The van der Waals surface area contributed by atoms with E-state index in [4.69, 9.17) is 16.6 Å². The van der Waals surface area contributed by atoms with Crippen LogP contribution in [0.25, 0.3) is 11.3 Å². The third-order valence-corrected chi connectivity index (χ3v) is 6.34. The Hall–Kier alpha value is -3.71. The van der Waals surface area contributed by atoms with Crippen LogP contribution in [0.5, 0.6) is 0 Å². The molecule has 35 heavy (non-hydrogen) atoms. The van der Waals surface area contributed by atoms with Crippen molar-refractivity contribution in [2.45, 2.75) is 25.9 Å². The maximum Gasteiger partial charge on any atom is 0.223 e. The molecule has 0 saturated carbocycles. The van der Waals surface area contributed by atoms with Gasteiger partial charge in [-0.3, -0.25) is 4.79 Å². The Morgan fingerprint density at radius 3 is 2.26 bits per heavy atom. The second-order valence-corrected chi connectivity index (χ2v) is 8.89. The van der Waals surface area contributed by atoms with Crippen molar-refractivity contribution in [1.82, 2.24) is 14.5 Å². The highest BCUT2D eigenvalue weighted by Crippen LogP contribution is 2.33.